The number of anilines is 2. The Kier molecular flexibility index (Phi) is 11.4. The number of aliphatic carboxylic acids is 2. The lowest BCUT2D eigenvalue weighted by Crippen LogP contribution is -2.70. The number of carboxylic acid groups (broad SMARTS) is 2. The van der Waals surface area contributed by atoms with Crippen LogP contribution in [-0.4, -0.2) is 93.3 Å². The molecule has 0 aromatic carbocycles. The van der Waals surface area contributed by atoms with Crippen LogP contribution in [0.5, 0.6) is 0 Å². The van der Waals surface area contributed by atoms with Crippen molar-refractivity contribution in [2.75, 3.05) is 28.7 Å². The van der Waals surface area contributed by atoms with Crippen LogP contribution in [-0.2, 0) is 19.2 Å². The number of nitrogens with zero attached hydrogens (tertiary/aromatic N) is 6. The average molecular weight is 756 g/mol. The van der Waals surface area contributed by atoms with Gasteiger partial charge in [-0.3, -0.25) is 14.5 Å². The molecule has 1 unspecified atom stereocenters. The molecular formula is C24H21Cl2F3N9O6S3+. The summed E-state index contributed by atoms with van der Waals surface area (Å²) in [5.41, 5.74) is 12.6. The Morgan fingerprint density at radius 1 is 1.17 bits per heavy atom. The van der Waals surface area contributed by atoms with Gasteiger partial charge < -0.3 is 27.0 Å². The minimum absolute atomic E-state index is 0.0187. The van der Waals surface area contributed by atoms with E-state index in [1.807, 2.05) is 0 Å². The van der Waals surface area contributed by atoms with Gasteiger partial charge in [0.15, 0.2) is 0 Å². The SMILES string of the molecule is Nc1nc2cc(N)[n+](SC/C=C/C3=C(C(=O)O)N4C(=O)[C@@H](NC(=O)CSc5cc(Cl)nc(Cl)c5)C4SC3)cn2n1.O=C(O)C(F)(F)F. The lowest BCUT2D eigenvalue weighted by molar-refractivity contribution is -0.482. The van der Waals surface area contributed by atoms with Gasteiger partial charge in [-0.25, -0.2) is 14.6 Å². The van der Waals surface area contributed by atoms with Crippen LogP contribution in [0.4, 0.5) is 24.9 Å². The zero-order valence-electron chi connectivity index (χ0n) is 23.2. The van der Waals surface area contributed by atoms with Crippen molar-refractivity contribution in [2.24, 2.45) is 0 Å². The Morgan fingerprint density at radius 3 is 2.45 bits per heavy atom. The predicted octanol–water partition coefficient (Wildman–Crippen LogP) is 2.10. The lowest BCUT2D eigenvalue weighted by Gasteiger charge is -2.49. The average Bonchev–Trinajstić information content (AvgIpc) is 3.34. The molecule has 23 heteroatoms. The molecule has 3 aromatic heterocycles. The second kappa shape index (κ2) is 14.9. The molecule has 0 bridgehead atoms. The van der Waals surface area contributed by atoms with E-state index in [1.54, 1.807) is 40.7 Å². The van der Waals surface area contributed by atoms with E-state index in [2.05, 4.69) is 20.4 Å². The van der Waals surface area contributed by atoms with Gasteiger partial charge in [0, 0.05) is 28.3 Å². The highest BCUT2D eigenvalue weighted by Crippen LogP contribution is 2.40. The van der Waals surface area contributed by atoms with Gasteiger partial charge in [-0.05, 0) is 17.7 Å². The molecule has 1 fully saturated rings. The summed E-state index contributed by atoms with van der Waals surface area (Å²) in [6, 6.07) is 3.97. The maximum absolute atomic E-state index is 12.9. The van der Waals surface area contributed by atoms with Crippen molar-refractivity contribution in [3.8, 4) is 0 Å². The van der Waals surface area contributed by atoms with Crippen LogP contribution in [0.2, 0.25) is 10.3 Å². The molecule has 2 aliphatic rings. The van der Waals surface area contributed by atoms with Crippen molar-refractivity contribution >= 4 is 99.8 Å². The van der Waals surface area contributed by atoms with Crippen LogP contribution in [0, 0.1) is 0 Å². The Balaban J connectivity index is 0.000000644. The minimum atomic E-state index is -5.08. The molecule has 0 spiro atoms. The molecule has 2 aliphatic heterocycles. The van der Waals surface area contributed by atoms with E-state index >= 15 is 0 Å². The number of hydrogen-bond donors (Lipinski definition) is 5. The third-order valence-electron chi connectivity index (χ3n) is 5.91. The van der Waals surface area contributed by atoms with Crippen molar-refractivity contribution in [3.05, 3.63) is 58.3 Å². The summed E-state index contributed by atoms with van der Waals surface area (Å²) in [6.07, 6.45) is 0.0281. The van der Waals surface area contributed by atoms with Crippen LogP contribution in [0.1, 0.15) is 0 Å². The van der Waals surface area contributed by atoms with Crippen molar-refractivity contribution in [2.45, 2.75) is 22.5 Å². The number of carboxylic acids is 2. The number of carbonyl (C=O) groups is 4. The van der Waals surface area contributed by atoms with Gasteiger partial charge in [0.25, 0.3) is 11.9 Å². The fourth-order valence-corrected chi connectivity index (χ4v) is 7.36. The van der Waals surface area contributed by atoms with Gasteiger partial charge in [-0.1, -0.05) is 40.5 Å². The number of fused-ring (bicyclic) bond motifs is 2. The normalized spacial score (nSPS) is 17.6. The van der Waals surface area contributed by atoms with Crippen LogP contribution in [0.25, 0.3) is 5.65 Å². The van der Waals surface area contributed by atoms with Crippen LogP contribution in [0.15, 0.2) is 52.8 Å². The maximum Gasteiger partial charge on any atom is 0.490 e. The number of nitrogen functional groups attached to an aromatic ring is 2. The van der Waals surface area contributed by atoms with Gasteiger partial charge in [-0.15, -0.1) is 28.0 Å². The predicted molar refractivity (Wildman–Crippen MR) is 167 cm³/mol. The third kappa shape index (κ3) is 8.91. The third-order valence-corrected chi connectivity index (χ3v) is 9.50. The van der Waals surface area contributed by atoms with Crippen LogP contribution < -0.4 is 20.8 Å². The summed E-state index contributed by atoms with van der Waals surface area (Å²) in [5.74, 6) is -3.44. The number of nitrogens with two attached hydrogens (primary N) is 2. The number of thioether (sulfide) groups is 2. The summed E-state index contributed by atoms with van der Waals surface area (Å²) in [6.45, 7) is 0. The van der Waals surface area contributed by atoms with E-state index < -0.39 is 35.4 Å². The Morgan fingerprint density at radius 2 is 1.83 bits per heavy atom. The van der Waals surface area contributed by atoms with Crippen LogP contribution >= 0.6 is 58.7 Å². The smallest absolute Gasteiger partial charge is 0.477 e. The number of halogens is 5. The molecule has 2 atom stereocenters. The van der Waals surface area contributed by atoms with Gasteiger partial charge in [0.05, 0.1) is 11.8 Å². The zero-order chi connectivity index (χ0) is 34.6. The summed E-state index contributed by atoms with van der Waals surface area (Å²) in [4.78, 5) is 56.2. The fourth-order valence-electron chi connectivity index (χ4n) is 3.98. The fraction of sp³-hybridized carbons (Fsp3) is 0.250. The van der Waals surface area contributed by atoms with Crippen molar-refractivity contribution < 1.29 is 46.5 Å². The highest BCUT2D eigenvalue weighted by molar-refractivity contribution is 8.00. The van der Waals surface area contributed by atoms with Crippen molar-refractivity contribution in [1.29, 1.82) is 0 Å². The first-order valence-corrected chi connectivity index (χ1v) is 16.4. The monoisotopic (exact) mass is 754 g/mol. The van der Waals surface area contributed by atoms with Gasteiger partial charge in [0.2, 0.25) is 23.7 Å². The summed E-state index contributed by atoms with van der Waals surface area (Å²) >= 11 is 15.7. The molecule has 0 radical (unpaired) electrons. The molecule has 3 aromatic rings. The van der Waals surface area contributed by atoms with E-state index in [4.69, 9.17) is 44.6 Å². The van der Waals surface area contributed by atoms with Crippen molar-refractivity contribution in [1.82, 2.24) is 29.8 Å². The molecule has 5 rings (SSSR count). The molecule has 7 N–H and O–H groups in total. The van der Waals surface area contributed by atoms with Crippen LogP contribution in [0.3, 0.4) is 0 Å². The topological polar surface area (TPSA) is 223 Å². The van der Waals surface area contributed by atoms with E-state index in [1.165, 1.54) is 44.9 Å². The second-order valence-corrected chi connectivity index (χ2v) is 13.1. The molecule has 15 nitrogen and oxygen atoms in total. The summed E-state index contributed by atoms with van der Waals surface area (Å²) < 4.78 is 34.9. The van der Waals surface area contributed by atoms with E-state index in [0.717, 1.165) is 0 Å². The zero-order valence-corrected chi connectivity index (χ0v) is 27.2. The number of aromatic nitrogens is 5. The van der Waals surface area contributed by atoms with E-state index in [9.17, 15) is 32.7 Å². The first-order chi connectivity index (χ1) is 22.0. The van der Waals surface area contributed by atoms with Crippen molar-refractivity contribution in [3.63, 3.8) is 0 Å². The maximum atomic E-state index is 12.9. The highest BCUT2D eigenvalue weighted by Gasteiger charge is 2.53. The van der Waals surface area contributed by atoms with Gasteiger partial charge in [0.1, 0.15) is 27.4 Å². The number of pyridine rings is 1. The molecule has 250 valence electrons. The van der Waals surface area contributed by atoms with E-state index in [0.29, 0.717) is 33.4 Å². The molecule has 5 heterocycles. The Hall–Kier alpha value is -3.92. The number of allylic oxidation sites excluding steroid dienone is 1. The molecule has 2 amide bonds. The van der Waals surface area contributed by atoms with Gasteiger partial charge in [-0.2, -0.15) is 22.1 Å². The summed E-state index contributed by atoms with van der Waals surface area (Å²) in [7, 11) is 0. The number of carbonyl (C=O) groups excluding carboxylic acids is 2. The largest absolute Gasteiger partial charge is 0.490 e. The number of rotatable bonds is 9. The second-order valence-electron chi connectivity index (χ2n) is 9.16. The number of β-lactam (4-membered cyclic amide) rings is 1. The number of nitrogens with one attached hydrogen (secondary N) is 1. The van der Waals surface area contributed by atoms with E-state index in [-0.39, 0.29) is 33.6 Å². The standard InChI is InChI=1S/C22H19Cl2N9O4S3.C2HF3O2/c23-12-4-11(5-13(24)27-12)38-8-16(34)29-17-19(35)33-18(21(36)37)10(7-39-20(17)33)2-1-3-40-32-9-31-15(6-14(32)25)28-22(26)30-31;3-2(4,5)1(6)7/h1-2,4-6,9,17,20H,3,7-8H2,(H5-,25,26,28,29,30,34,36,37);(H,6,7)/p+1/b2-1+;/t17-,20?;/m1./s1. The molecule has 0 aliphatic carbocycles. The lowest BCUT2D eigenvalue weighted by atomic mass is 10.0. The molecule has 47 heavy (non-hydrogen) atoms. The minimum Gasteiger partial charge on any atom is -0.477 e. The Labute approximate surface area is 284 Å². The summed E-state index contributed by atoms with van der Waals surface area (Å²) in [5, 5.41) is 23.7. The molecule has 0 saturated carbocycles. The van der Waals surface area contributed by atoms with Gasteiger partial charge >= 0.3 is 18.1 Å². The highest BCUT2D eigenvalue weighted by atomic mass is 35.5. The first-order valence-electron chi connectivity index (χ1n) is 12.6. The first kappa shape index (κ1) is 35.9. The Bertz CT molecular complexity index is 1790. The number of alkyl halides is 3. The quantitative estimate of drug-likeness (QED) is 0.0914. The molecular weight excluding hydrogens is 734 g/mol. The number of amides is 2. The molecule has 1 saturated heterocycles. The number of hydrogen-bond acceptors (Lipinski definition) is 12.